The van der Waals surface area contributed by atoms with Gasteiger partial charge in [0.25, 0.3) is 5.89 Å². The van der Waals surface area contributed by atoms with Crippen LogP contribution in [0.2, 0.25) is 10.0 Å². The number of aromatic nitrogens is 2. The summed E-state index contributed by atoms with van der Waals surface area (Å²) in [5.41, 5.74) is 0.875. The van der Waals surface area contributed by atoms with Gasteiger partial charge in [0.1, 0.15) is 5.75 Å². The minimum absolute atomic E-state index is 0.172. The number of ether oxygens (including phenoxy) is 1. The number of hydrogen-bond donors (Lipinski definition) is 1. The first-order valence-electron chi connectivity index (χ1n) is 6.20. The SMILES string of the molecule is CCc1noc(COc2c(Cl)cc(Cl)cc2CNC)n1. The van der Waals surface area contributed by atoms with Crippen LogP contribution >= 0.6 is 23.2 Å². The lowest BCUT2D eigenvalue weighted by Crippen LogP contribution is -2.08. The maximum atomic E-state index is 6.17. The first-order chi connectivity index (χ1) is 9.63. The van der Waals surface area contributed by atoms with Crippen LogP contribution in [0.3, 0.4) is 0 Å². The van der Waals surface area contributed by atoms with Crippen LogP contribution in [0.15, 0.2) is 16.7 Å². The molecule has 0 spiro atoms. The molecule has 0 atom stereocenters. The molecule has 108 valence electrons. The summed E-state index contributed by atoms with van der Waals surface area (Å²) in [5.74, 6) is 1.64. The lowest BCUT2D eigenvalue weighted by Gasteiger charge is -2.12. The third kappa shape index (κ3) is 3.62. The Kier molecular flexibility index (Phi) is 5.23. The molecule has 0 unspecified atom stereocenters. The average molecular weight is 316 g/mol. The van der Waals surface area contributed by atoms with Gasteiger partial charge in [0, 0.05) is 23.6 Å². The zero-order chi connectivity index (χ0) is 14.5. The van der Waals surface area contributed by atoms with Crippen LogP contribution in [-0.4, -0.2) is 17.2 Å². The van der Waals surface area contributed by atoms with Crippen molar-refractivity contribution >= 4 is 23.2 Å². The molecule has 2 aromatic rings. The molecule has 0 bridgehead atoms. The molecular weight excluding hydrogens is 301 g/mol. The van der Waals surface area contributed by atoms with Crippen LogP contribution in [0.25, 0.3) is 0 Å². The second-order valence-corrected chi connectivity index (χ2v) is 5.00. The van der Waals surface area contributed by atoms with Crippen LogP contribution in [-0.2, 0) is 19.6 Å². The molecule has 0 amide bonds. The summed E-state index contributed by atoms with van der Waals surface area (Å²) in [7, 11) is 1.84. The van der Waals surface area contributed by atoms with E-state index < -0.39 is 0 Å². The van der Waals surface area contributed by atoms with Gasteiger partial charge in [-0.1, -0.05) is 35.3 Å². The van der Waals surface area contributed by atoms with Crippen LogP contribution in [0.1, 0.15) is 24.2 Å². The maximum absolute atomic E-state index is 6.17. The van der Waals surface area contributed by atoms with Gasteiger partial charge in [-0.15, -0.1) is 0 Å². The van der Waals surface area contributed by atoms with Gasteiger partial charge < -0.3 is 14.6 Å². The molecule has 1 heterocycles. The van der Waals surface area contributed by atoms with Crippen molar-refractivity contribution in [1.82, 2.24) is 15.5 Å². The normalized spacial score (nSPS) is 10.8. The van der Waals surface area contributed by atoms with Crippen molar-refractivity contribution in [2.75, 3.05) is 7.05 Å². The number of benzene rings is 1. The van der Waals surface area contributed by atoms with E-state index in [1.165, 1.54) is 0 Å². The molecule has 5 nitrogen and oxygen atoms in total. The van der Waals surface area contributed by atoms with Gasteiger partial charge in [0.2, 0.25) is 0 Å². The van der Waals surface area contributed by atoms with E-state index in [0.29, 0.717) is 34.1 Å². The summed E-state index contributed by atoms with van der Waals surface area (Å²) in [6.45, 7) is 2.72. The maximum Gasteiger partial charge on any atom is 0.264 e. The van der Waals surface area contributed by atoms with Crippen molar-refractivity contribution < 1.29 is 9.26 Å². The molecule has 0 saturated heterocycles. The van der Waals surface area contributed by atoms with Crippen LogP contribution in [0.4, 0.5) is 0 Å². The summed E-state index contributed by atoms with van der Waals surface area (Å²) in [6.07, 6.45) is 0.718. The highest BCUT2D eigenvalue weighted by atomic mass is 35.5. The van der Waals surface area contributed by atoms with E-state index in [1.54, 1.807) is 6.07 Å². The topological polar surface area (TPSA) is 60.2 Å². The molecule has 0 aliphatic carbocycles. The number of aryl methyl sites for hydroxylation is 1. The largest absolute Gasteiger partial charge is 0.482 e. The van der Waals surface area contributed by atoms with Crippen molar-refractivity contribution in [2.24, 2.45) is 0 Å². The molecule has 1 aromatic carbocycles. The minimum atomic E-state index is 0.172. The number of rotatable bonds is 6. The molecule has 0 saturated carbocycles. The lowest BCUT2D eigenvalue weighted by molar-refractivity contribution is 0.240. The van der Waals surface area contributed by atoms with E-state index in [0.717, 1.165) is 12.0 Å². The number of nitrogens with zero attached hydrogens (tertiary/aromatic N) is 2. The average Bonchev–Trinajstić information content (AvgIpc) is 2.86. The predicted octanol–water partition coefficient (Wildman–Crippen LogP) is 3.24. The van der Waals surface area contributed by atoms with E-state index in [4.69, 9.17) is 32.5 Å². The van der Waals surface area contributed by atoms with Gasteiger partial charge in [0.05, 0.1) is 5.02 Å². The molecule has 1 N–H and O–H groups in total. The van der Waals surface area contributed by atoms with Gasteiger partial charge in [-0.3, -0.25) is 0 Å². The second kappa shape index (κ2) is 6.92. The quantitative estimate of drug-likeness (QED) is 0.886. The molecule has 20 heavy (non-hydrogen) atoms. The molecular formula is C13H15Cl2N3O2. The van der Waals surface area contributed by atoms with Gasteiger partial charge in [0.15, 0.2) is 12.4 Å². The van der Waals surface area contributed by atoms with E-state index in [-0.39, 0.29) is 6.61 Å². The molecule has 1 aromatic heterocycles. The molecule has 2 rings (SSSR count). The van der Waals surface area contributed by atoms with E-state index in [2.05, 4.69) is 15.5 Å². The van der Waals surface area contributed by atoms with Gasteiger partial charge >= 0.3 is 0 Å². The third-order valence-corrected chi connectivity index (χ3v) is 3.12. The Balaban J connectivity index is 2.15. The predicted molar refractivity (Wildman–Crippen MR) is 77.2 cm³/mol. The zero-order valence-corrected chi connectivity index (χ0v) is 12.8. The molecule has 0 aliphatic heterocycles. The first-order valence-corrected chi connectivity index (χ1v) is 6.96. The molecule has 0 aliphatic rings. The van der Waals surface area contributed by atoms with E-state index >= 15 is 0 Å². The fourth-order valence-corrected chi connectivity index (χ4v) is 2.31. The number of halogens is 2. The van der Waals surface area contributed by atoms with Crippen LogP contribution in [0, 0.1) is 0 Å². The molecule has 0 fully saturated rings. The Morgan fingerprint density at radius 3 is 2.80 bits per heavy atom. The standard InChI is InChI=1S/C13H15Cl2N3O2/c1-3-11-17-12(20-18-11)7-19-13-8(6-16-2)4-9(14)5-10(13)15/h4-5,16H,3,6-7H2,1-2H3. The van der Waals surface area contributed by atoms with Crippen molar-refractivity contribution in [2.45, 2.75) is 26.5 Å². The highest BCUT2D eigenvalue weighted by Gasteiger charge is 2.12. The Labute approximate surface area is 127 Å². The highest BCUT2D eigenvalue weighted by molar-refractivity contribution is 6.35. The lowest BCUT2D eigenvalue weighted by atomic mass is 10.2. The number of hydrogen-bond acceptors (Lipinski definition) is 5. The summed E-state index contributed by atoms with van der Waals surface area (Å²) >= 11 is 12.2. The Bertz CT molecular complexity index is 587. The van der Waals surface area contributed by atoms with Crippen molar-refractivity contribution in [3.8, 4) is 5.75 Å². The Hall–Kier alpha value is -1.30. The van der Waals surface area contributed by atoms with E-state index in [9.17, 15) is 0 Å². The van der Waals surface area contributed by atoms with E-state index in [1.807, 2.05) is 20.0 Å². The Morgan fingerprint density at radius 1 is 1.35 bits per heavy atom. The monoisotopic (exact) mass is 315 g/mol. The van der Waals surface area contributed by atoms with Gasteiger partial charge in [-0.2, -0.15) is 4.98 Å². The summed E-state index contributed by atoms with van der Waals surface area (Å²) in [6, 6.07) is 3.45. The number of nitrogens with one attached hydrogen (secondary N) is 1. The van der Waals surface area contributed by atoms with Crippen molar-refractivity contribution in [3.63, 3.8) is 0 Å². The first kappa shape index (κ1) is 15.1. The highest BCUT2D eigenvalue weighted by Crippen LogP contribution is 2.33. The van der Waals surface area contributed by atoms with Crippen LogP contribution in [0.5, 0.6) is 5.75 Å². The zero-order valence-electron chi connectivity index (χ0n) is 11.2. The van der Waals surface area contributed by atoms with Crippen LogP contribution < -0.4 is 10.1 Å². The van der Waals surface area contributed by atoms with Gasteiger partial charge in [-0.25, -0.2) is 0 Å². The van der Waals surface area contributed by atoms with Gasteiger partial charge in [-0.05, 0) is 19.2 Å². The molecule has 7 heteroatoms. The Morgan fingerprint density at radius 2 is 2.15 bits per heavy atom. The summed E-state index contributed by atoms with van der Waals surface area (Å²) in [4.78, 5) is 4.18. The van der Waals surface area contributed by atoms with Crippen molar-refractivity contribution in [1.29, 1.82) is 0 Å². The van der Waals surface area contributed by atoms with Crippen molar-refractivity contribution in [3.05, 3.63) is 39.5 Å². The summed E-state index contributed by atoms with van der Waals surface area (Å²) < 4.78 is 10.8. The summed E-state index contributed by atoms with van der Waals surface area (Å²) in [5, 5.41) is 7.88. The smallest absolute Gasteiger partial charge is 0.264 e. The third-order valence-electron chi connectivity index (χ3n) is 2.62. The second-order valence-electron chi connectivity index (χ2n) is 4.15. The fraction of sp³-hybridized carbons (Fsp3) is 0.385. The minimum Gasteiger partial charge on any atom is -0.482 e. The fourth-order valence-electron chi connectivity index (χ4n) is 1.72. The molecule has 0 radical (unpaired) electrons.